The van der Waals surface area contributed by atoms with Crippen LogP contribution in [-0.4, -0.2) is 13.2 Å². The van der Waals surface area contributed by atoms with Crippen molar-refractivity contribution in [3.05, 3.63) is 49.6 Å². The summed E-state index contributed by atoms with van der Waals surface area (Å²) in [5.41, 5.74) is 1.09. The van der Waals surface area contributed by atoms with Crippen LogP contribution in [0.25, 0.3) is 0 Å². The average Bonchev–Trinajstić information content (AvgIpc) is 2.88. The number of rotatable bonds is 7. The Morgan fingerprint density at radius 1 is 1.33 bits per heavy atom. The molecule has 2 rings (SSSR count). The Bertz CT molecular complexity index is 635. The van der Waals surface area contributed by atoms with E-state index in [-0.39, 0.29) is 6.61 Å². The van der Waals surface area contributed by atoms with Gasteiger partial charge in [-0.05, 0) is 36.8 Å². The molecule has 1 heterocycles. The lowest BCUT2D eigenvalue weighted by Crippen LogP contribution is -2.17. The number of halogens is 2. The zero-order valence-corrected chi connectivity index (χ0v) is 14.5. The van der Waals surface area contributed by atoms with Crippen LogP contribution in [0.4, 0.5) is 0 Å². The van der Waals surface area contributed by atoms with Gasteiger partial charge in [0.05, 0.1) is 4.34 Å². The van der Waals surface area contributed by atoms with Crippen LogP contribution in [-0.2, 0) is 13.0 Å². The molecule has 0 aliphatic carbocycles. The summed E-state index contributed by atoms with van der Waals surface area (Å²) in [7, 11) is 0. The molecule has 0 spiro atoms. The van der Waals surface area contributed by atoms with Crippen LogP contribution in [0.15, 0.2) is 34.8 Å². The van der Waals surface area contributed by atoms with Gasteiger partial charge in [0.2, 0.25) is 0 Å². The average molecular weight is 385 g/mol. The molecule has 0 radical (unpaired) electrons. The van der Waals surface area contributed by atoms with Crippen molar-refractivity contribution < 1.29 is 4.74 Å². The second kappa shape index (κ2) is 8.45. The predicted octanol–water partition coefficient (Wildman–Crippen LogP) is 4.51. The summed E-state index contributed by atoms with van der Waals surface area (Å²) in [4.78, 5) is 1.28. The quantitative estimate of drug-likeness (QED) is 0.560. The lowest BCUT2D eigenvalue weighted by Gasteiger charge is -2.11. The van der Waals surface area contributed by atoms with Crippen molar-refractivity contribution in [3.8, 4) is 18.1 Å². The summed E-state index contributed by atoms with van der Waals surface area (Å²) < 4.78 is 7.41. The molecular formula is C16H15BrClNOS. The fourth-order valence-electron chi connectivity index (χ4n) is 1.87. The van der Waals surface area contributed by atoms with Crippen LogP contribution in [0.1, 0.15) is 10.4 Å². The van der Waals surface area contributed by atoms with E-state index in [2.05, 4.69) is 33.2 Å². The van der Waals surface area contributed by atoms with Gasteiger partial charge in [0.1, 0.15) is 12.4 Å². The molecule has 1 aromatic heterocycles. The van der Waals surface area contributed by atoms with Gasteiger partial charge in [0.25, 0.3) is 0 Å². The van der Waals surface area contributed by atoms with Gasteiger partial charge in [-0.15, -0.1) is 17.8 Å². The first-order valence-electron chi connectivity index (χ1n) is 6.48. The molecule has 21 heavy (non-hydrogen) atoms. The summed E-state index contributed by atoms with van der Waals surface area (Å²) in [5, 5.41) is 3.41. The maximum absolute atomic E-state index is 5.92. The zero-order valence-electron chi connectivity index (χ0n) is 11.4. The van der Waals surface area contributed by atoms with Crippen LogP contribution < -0.4 is 10.1 Å². The maximum Gasteiger partial charge on any atom is 0.148 e. The molecule has 0 saturated carbocycles. The molecule has 2 aromatic rings. The van der Waals surface area contributed by atoms with Crippen molar-refractivity contribution in [1.29, 1.82) is 0 Å². The highest BCUT2D eigenvalue weighted by atomic mass is 79.9. The van der Waals surface area contributed by atoms with E-state index in [4.69, 9.17) is 22.8 Å². The molecule has 0 atom stereocenters. The van der Waals surface area contributed by atoms with Crippen molar-refractivity contribution in [1.82, 2.24) is 5.32 Å². The summed E-state index contributed by atoms with van der Waals surface area (Å²) in [5.74, 6) is 3.31. The van der Waals surface area contributed by atoms with Gasteiger partial charge in [-0.2, -0.15) is 0 Å². The first-order valence-corrected chi connectivity index (χ1v) is 8.47. The molecule has 0 aliphatic heterocycles. The molecule has 2 nitrogen and oxygen atoms in total. The number of terminal acetylenes is 1. The van der Waals surface area contributed by atoms with Gasteiger partial charge in [-0.1, -0.05) is 33.5 Å². The molecule has 5 heteroatoms. The van der Waals surface area contributed by atoms with E-state index >= 15 is 0 Å². The number of hydrogen-bond donors (Lipinski definition) is 1. The Morgan fingerprint density at radius 3 is 2.90 bits per heavy atom. The van der Waals surface area contributed by atoms with Crippen LogP contribution >= 0.6 is 38.9 Å². The Kier molecular flexibility index (Phi) is 6.59. The summed E-state index contributed by atoms with van der Waals surface area (Å²) in [6.45, 7) is 1.90. The Morgan fingerprint density at radius 2 is 2.19 bits per heavy atom. The molecule has 0 amide bonds. The minimum absolute atomic E-state index is 0.280. The third-order valence-corrected chi connectivity index (χ3v) is 4.61. The molecule has 110 valence electrons. The lowest BCUT2D eigenvalue weighted by molar-refractivity contribution is 0.365. The Hall–Kier alpha value is -0.990. The smallest absolute Gasteiger partial charge is 0.148 e. The van der Waals surface area contributed by atoms with Gasteiger partial charge >= 0.3 is 0 Å². The fraction of sp³-hybridized carbons (Fsp3) is 0.250. The van der Waals surface area contributed by atoms with Gasteiger partial charge in [-0.25, -0.2) is 0 Å². The first-order chi connectivity index (χ1) is 10.2. The molecular weight excluding hydrogens is 370 g/mol. The summed E-state index contributed by atoms with van der Waals surface area (Å²) in [6, 6.07) is 9.91. The van der Waals surface area contributed by atoms with E-state index in [1.165, 1.54) is 4.88 Å². The Labute approximate surface area is 142 Å². The van der Waals surface area contributed by atoms with Crippen molar-refractivity contribution in [3.63, 3.8) is 0 Å². The van der Waals surface area contributed by atoms with Crippen molar-refractivity contribution in [2.45, 2.75) is 13.0 Å². The monoisotopic (exact) mass is 383 g/mol. The normalized spacial score (nSPS) is 10.3. The number of benzene rings is 1. The maximum atomic E-state index is 5.92. The Balaban J connectivity index is 1.87. The number of hydrogen-bond acceptors (Lipinski definition) is 3. The highest BCUT2D eigenvalue weighted by molar-refractivity contribution is 9.10. The molecule has 0 fully saturated rings. The van der Waals surface area contributed by atoms with E-state index in [9.17, 15) is 0 Å². The largest absolute Gasteiger partial charge is 0.481 e. The highest BCUT2D eigenvalue weighted by Crippen LogP contribution is 2.24. The summed E-state index contributed by atoms with van der Waals surface area (Å²) in [6.07, 6.45) is 6.20. The van der Waals surface area contributed by atoms with E-state index in [0.29, 0.717) is 0 Å². The van der Waals surface area contributed by atoms with Crippen molar-refractivity contribution in [2.24, 2.45) is 0 Å². The van der Waals surface area contributed by atoms with E-state index in [1.807, 2.05) is 24.3 Å². The predicted molar refractivity (Wildman–Crippen MR) is 93.2 cm³/mol. The third-order valence-electron chi connectivity index (χ3n) is 2.83. The van der Waals surface area contributed by atoms with Crippen LogP contribution in [0.2, 0.25) is 4.34 Å². The van der Waals surface area contributed by atoms with Gasteiger partial charge in [0, 0.05) is 28.0 Å². The van der Waals surface area contributed by atoms with Gasteiger partial charge < -0.3 is 10.1 Å². The zero-order chi connectivity index (χ0) is 15.1. The SMILES string of the molecule is C#CCOc1ccc(Br)cc1CNCCc1ccc(Cl)s1. The van der Waals surface area contributed by atoms with Crippen molar-refractivity contribution >= 4 is 38.9 Å². The molecule has 1 aromatic carbocycles. The van der Waals surface area contributed by atoms with Crippen LogP contribution in [0.5, 0.6) is 5.75 Å². The van der Waals surface area contributed by atoms with E-state index < -0.39 is 0 Å². The number of nitrogens with one attached hydrogen (secondary N) is 1. The second-order valence-corrected chi connectivity index (χ2v) is 7.09. The fourth-order valence-corrected chi connectivity index (χ4v) is 3.36. The number of ether oxygens (including phenoxy) is 1. The second-order valence-electron chi connectivity index (χ2n) is 4.38. The third kappa shape index (κ3) is 5.37. The van der Waals surface area contributed by atoms with E-state index in [0.717, 1.165) is 39.6 Å². The minimum Gasteiger partial charge on any atom is -0.481 e. The van der Waals surface area contributed by atoms with Crippen LogP contribution in [0, 0.1) is 12.3 Å². The minimum atomic E-state index is 0.280. The lowest BCUT2D eigenvalue weighted by atomic mass is 10.2. The van der Waals surface area contributed by atoms with Crippen LogP contribution in [0.3, 0.4) is 0 Å². The molecule has 0 aliphatic rings. The molecule has 0 bridgehead atoms. The highest BCUT2D eigenvalue weighted by Gasteiger charge is 2.05. The van der Waals surface area contributed by atoms with E-state index in [1.54, 1.807) is 11.3 Å². The molecule has 0 saturated heterocycles. The van der Waals surface area contributed by atoms with Crippen molar-refractivity contribution in [2.75, 3.05) is 13.2 Å². The number of thiophene rings is 1. The standard InChI is InChI=1S/C16H15BrClNOS/c1-2-9-20-15-5-3-13(17)10-12(15)11-19-8-7-14-4-6-16(18)21-14/h1,3-6,10,19H,7-9,11H2. The molecule has 1 N–H and O–H groups in total. The van der Waals surface area contributed by atoms with Gasteiger partial charge in [0.15, 0.2) is 0 Å². The topological polar surface area (TPSA) is 21.3 Å². The van der Waals surface area contributed by atoms with Gasteiger partial charge in [-0.3, -0.25) is 0 Å². The first kappa shape index (κ1) is 16.4. The molecule has 0 unspecified atom stereocenters. The summed E-state index contributed by atoms with van der Waals surface area (Å²) >= 11 is 11.0.